The molecule has 1 aliphatic heterocycles. The SMILES string of the molecule is COc1cc(C#N)ccc1C1CN(c2nc(-c3ccncc3)cc(=O)n2C)CCO1. The van der Waals surface area contributed by atoms with Crippen LogP contribution < -0.4 is 15.2 Å². The molecular formula is C22H21N5O3. The van der Waals surface area contributed by atoms with Crippen molar-refractivity contribution in [2.75, 3.05) is 31.7 Å². The maximum Gasteiger partial charge on any atom is 0.255 e. The normalized spacial score (nSPS) is 16.2. The van der Waals surface area contributed by atoms with Crippen LogP contribution in [0.15, 0.2) is 53.6 Å². The number of morpholine rings is 1. The number of anilines is 1. The zero-order chi connectivity index (χ0) is 21.1. The second kappa shape index (κ2) is 8.35. The molecule has 8 heteroatoms. The molecule has 1 unspecified atom stereocenters. The van der Waals surface area contributed by atoms with Gasteiger partial charge >= 0.3 is 0 Å². The van der Waals surface area contributed by atoms with Crippen molar-refractivity contribution in [3.05, 3.63) is 70.3 Å². The van der Waals surface area contributed by atoms with E-state index in [1.165, 1.54) is 6.07 Å². The number of nitrogens with zero attached hydrogens (tertiary/aromatic N) is 5. The number of aromatic nitrogens is 3. The smallest absolute Gasteiger partial charge is 0.255 e. The maximum atomic E-state index is 12.6. The fourth-order valence-corrected chi connectivity index (χ4v) is 3.55. The van der Waals surface area contributed by atoms with E-state index in [1.807, 2.05) is 23.1 Å². The minimum absolute atomic E-state index is 0.134. The van der Waals surface area contributed by atoms with E-state index in [0.29, 0.717) is 42.7 Å². The van der Waals surface area contributed by atoms with E-state index in [1.54, 1.807) is 43.3 Å². The van der Waals surface area contributed by atoms with Gasteiger partial charge in [-0.1, -0.05) is 6.07 Å². The number of ether oxygens (including phenoxy) is 2. The molecule has 3 heterocycles. The second-order valence-corrected chi connectivity index (χ2v) is 6.95. The number of rotatable bonds is 4. The number of nitriles is 1. The van der Waals surface area contributed by atoms with Crippen LogP contribution in [0.25, 0.3) is 11.3 Å². The summed E-state index contributed by atoms with van der Waals surface area (Å²) in [5, 5.41) is 9.14. The molecule has 1 aromatic carbocycles. The molecule has 1 saturated heterocycles. The monoisotopic (exact) mass is 403 g/mol. The predicted octanol–water partition coefficient (Wildman–Crippen LogP) is 2.30. The van der Waals surface area contributed by atoms with E-state index < -0.39 is 0 Å². The molecular weight excluding hydrogens is 382 g/mol. The van der Waals surface area contributed by atoms with E-state index in [2.05, 4.69) is 11.1 Å². The minimum atomic E-state index is -0.275. The molecule has 0 spiro atoms. The molecule has 0 bridgehead atoms. The van der Waals surface area contributed by atoms with Gasteiger partial charge in [0.25, 0.3) is 5.56 Å². The molecule has 3 aromatic rings. The Kier molecular flexibility index (Phi) is 5.46. The molecule has 30 heavy (non-hydrogen) atoms. The lowest BCUT2D eigenvalue weighted by Gasteiger charge is -2.35. The Morgan fingerprint density at radius 1 is 1.23 bits per heavy atom. The average molecular weight is 403 g/mol. The summed E-state index contributed by atoms with van der Waals surface area (Å²) in [6, 6.07) is 12.6. The Morgan fingerprint density at radius 3 is 2.77 bits per heavy atom. The van der Waals surface area contributed by atoms with Gasteiger partial charge in [-0.05, 0) is 24.3 Å². The first kappa shape index (κ1) is 19.6. The molecule has 2 aromatic heterocycles. The fraction of sp³-hybridized carbons (Fsp3) is 0.273. The molecule has 0 saturated carbocycles. The number of pyridine rings is 1. The summed E-state index contributed by atoms with van der Waals surface area (Å²) < 4.78 is 13.0. The van der Waals surface area contributed by atoms with Crippen molar-refractivity contribution in [1.29, 1.82) is 5.26 Å². The summed E-state index contributed by atoms with van der Waals surface area (Å²) in [7, 11) is 3.29. The molecule has 0 N–H and O–H groups in total. The molecule has 0 amide bonds. The van der Waals surface area contributed by atoms with Gasteiger partial charge in [-0.15, -0.1) is 0 Å². The predicted molar refractivity (Wildman–Crippen MR) is 111 cm³/mol. The van der Waals surface area contributed by atoms with Crippen LogP contribution in [0, 0.1) is 11.3 Å². The highest BCUT2D eigenvalue weighted by Crippen LogP contribution is 2.32. The van der Waals surface area contributed by atoms with Gasteiger partial charge < -0.3 is 14.4 Å². The van der Waals surface area contributed by atoms with Gasteiger partial charge in [0.1, 0.15) is 11.9 Å². The van der Waals surface area contributed by atoms with Gasteiger partial charge in [-0.2, -0.15) is 5.26 Å². The van der Waals surface area contributed by atoms with Crippen molar-refractivity contribution >= 4 is 5.95 Å². The van der Waals surface area contributed by atoms with E-state index in [0.717, 1.165) is 11.1 Å². The van der Waals surface area contributed by atoms with E-state index in [4.69, 9.17) is 19.7 Å². The van der Waals surface area contributed by atoms with Crippen molar-refractivity contribution in [3.63, 3.8) is 0 Å². The zero-order valence-corrected chi connectivity index (χ0v) is 16.8. The first-order chi connectivity index (χ1) is 14.6. The second-order valence-electron chi connectivity index (χ2n) is 6.95. The largest absolute Gasteiger partial charge is 0.496 e. The minimum Gasteiger partial charge on any atom is -0.496 e. The van der Waals surface area contributed by atoms with Crippen LogP contribution in [0.5, 0.6) is 5.75 Å². The Balaban J connectivity index is 1.68. The van der Waals surface area contributed by atoms with Crippen molar-refractivity contribution in [1.82, 2.24) is 14.5 Å². The van der Waals surface area contributed by atoms with Crippen LogP contribution in [0.4, 0.5) is 5.95 Å². The lowest BCUT2D eigenvalue weighted by Crippen LogP contribution is -2.41. The molecule has 152 valence electrons. The highest BCUT2D eigenvalue weighted by Gasteiger charge is 2.27. The maximum absolute atomic E-state index is 12.6. The third-order valence-electron chi connectivity index (χ3n) is 5.15. The van der Waals surface area contributed by atoms with Crippen LogP contribution in [0.1, 0.15) is 17.2 Å². The molecule has 0 radical (unpaired) electrons. The molecule has 4 rings (SSSR count). The molecule has 1 aliphatic rings. The molecule has 0 aliphatic carbocycles. The Morgan fingerprint density at radius 2 is 2.03 bits per heavy atom. The number of methoxy groups -OCH3 is 1. The first-order valence-electron chi connectivity index (χ1n) is 9.53. The molecule has 1 fully saturated rings. The van der Waals surface area contributed by atoms with Crippen LogP contribution >= 0.6 is 0 Å². The van der Waals surface area contributed by atoms with Crippen molar-refractivity contribution in [3.8, 4) is 23.1 Å². The Labute approximate surface area is 174 Å². The first-order valence-corrected chi connectivity index (χ1v) is 9.53. The average Bonchev–Trinajstić information content (AvgIpc) is 2.81. The van der Waals surface area contributed by atoms with E-state index in [-0.39, 0.29) is 11.7 Å². The van der Waals surface area contributed by atoms with Crippen LogP contribution in [-0.2, 0) is 11.8 Å². The summed E-state index contributed by atoms with van der Waals surface area (Å²) in [6.07, 6.45) is 3.08. The zero-order valence-electron chi connectivity index (χ0n) is 16.8. The number of hydrogen-bond acceptors (Lipinski definition) is 7. The van der Waals surface area contributed by atoms with Crippen LogP contribution in [-0.4, -0.2) is 41.3 Å². The Hall–Kier alpha value is -3.70. The van der Waals surface area contributed by atoms with Gasteiger partial charge in [0, 0.05) is 43.2 Å². The van der Waals surface area contributed by atoms with E-state index >= 15 is 0 Å². The topological polar surface area (TPSA) is 93.3 Å². The quantitative estimate of drug-likeness (QED) is 0.660. The van der Waals surface area contributed by atoms with Crippen molar-refractivity contribution in [2.24, 2.45) is 7.05 Å². The standard InChI is InChI=1S/C22H21N5O3/c1-26-21(28)12-18(16-5-7-24-8-6-16)25-22(26)27-9-10-30-20(14-27)17-4-3-15(13-23)11-19(17)29-2/h3-8,11-12,20H,9-10,14H2,1-2H3. The van der Waals surface area contributed by atoms with Crippen molar-refractivity contribution < 1.29 is 9.47 Å². The van der Waals surface area contributed by atoms with Gasteiger partial charge in [-0.25, -0.2) is 4.98 Å². The summed E-state index contributed by atoms with van der Waals surface area (Å²) >= 11 is 0. The third-order valence-corrected chi connectivity index (χ3v) is 5.15. The fourth-order valence-electron chi connectivity index (χ4n) is 3.55. The summed E-state index contributed by atoms with van der Waals surface area (Å²) in [6.45, 7) is 1.58. The molecule has 8 nitrogen and oxygen atoms in total. The van der Waals surface area contributed by atoms with Gasteiger partial charge in [0.15, 0.2) is 0 Å². The number of hydrogen-bond donors (Lipinski definition) is 0. The van der Waals surface area contributed by atoms with Crippen LogP contribution in [0.3, 0.4) is 0 Å². The van der Waals surface area contributed by atoms with Crippen molar-refractivity contribution in [2.45, 2.75) is 6.10 Å². The Bertz CT molecular complexity index is 1150. The summed E-state index contributed by atoms with van der Waals surface area (Å²) in [4.78, 5) is 23.4. The summed E-state index contributed by atoms with van der Waals surface area (Å²) in [5.41, 5.74) is 2.69. The number of benzene rings is 1. The molecule has 1 atom stereocenters. The van der Waals surface area contributed by atoms with Gasteiger partial charge in [0.2, 0.25) is 5.95 Å². The highest BCUT2D eigenvalue weighted by molar-refractivity contribution is 5.59. The third kappa shape index (κ3) is 3.75. The van der Waals surface area contributed by atoms with Crippen LogP contribution in [0.2, 0.25) is 0 Å². The van der Waals surface area contributed by atoms with Gasteiger partial charge in [-0.3, -0.25) is 14.3 Å². The lowest BCUT2D eigenvalue weighted by molar-refractivity contribution is 0.0374. The summed E-state index contributed by atoms with van der Waals surface area (Å²) in [5.74, 6) is 1.18. The van der Waals surface area contributed by atoms with Gasteiger partial charge in [0.05, 0.1) is 37.6 Å². The van der Waals surface area contributed by atoms with E-state index in [9.17, 15) is 4.79 Å². The lowest BCUT2D eigenvalue weighted by atomic mass is 10.0. The highest BCUT2D eigenvalue weighted by atomic mass is 16.5.